The van der Waals surface area contributed by atoms with Gasteiger partial charge in [-0.15, -0.1) is 0 Å². The summed E-state index contributed by atoms with van der Waals surface area (Å²) in [7, 11) is 1.67. The number of aryl methyl sites for hydroxylation is 1. The molecule has 0 radical (unpaired) electrons. The summed E-state index contributed by atoms with van der Waals surface area (Å²) in [6.45, 7) is 1.72. The summed E-state index contributed by atoms with van der Waals surface area (Å²) < 4.78 is 6.62. The zero-order chi connectivity index (χ0) is 16.7. The lowest BCUT2D eigenvalue weighted by Gasteiger charge is -2.44. The highest BCUT2D eigenvalue weighted by atomic mass is 16.4. The molecule has 1 N–H and O–H groups in total. The van der Waals surface area contributed by atoms with E-state index in [9.17, 15) is 9.59 Å². The van der Waals surface area contributed by atoms with Gasteiger partial charge in [0.15, 0.2) is 5.58 Å². The SMILES string of the molecule is Cn1c(=O)oc2cc(NC(=O)C3CN(C4CCCCC4)C3)ccc21. The Kier molecular flexibility index (Phi) is 3.92. The molecule has 0 unspecified atom stereocenters. The maximum absolute atomic E-state index is 12.4. The number of anilines is 1. The maximum atomic E-state index is 12.4. The third kappa shape index (κ3) is 2.75. The van der Waals surface area contributed by atoms with Gasteiger partial charge < -0.3 is 9.73 Å². The predicted octanol–water partition coefficient (Wildman–Crippen LogP) is 2.33. The summed E-state index contributed by atoms with van der Waals surface area (Å²) in [5.41, 5.74) is 1.90. The Labute approximate surface area is 140 Å². The van der Waals surface area contributed by atoms with Crippen LogP contribution in [0.2, 0.25) is 0 Å². The number of likely N-dealkylation sites (tertiary alicyclic amines) is 1. The van der Waals surface area contributed by atoms with Crippen LogP contribution >= 0.6 is 0 Å². The van der Waals surface area contributed by atoms with E-state index in [0.29, 0.717) is 17.3 Å². The van der Waals surface area contributed by atoms with Crippen LogP contribution in [-0.4, -0.2) is 34.5 Å². The summed E-state index contributed by atoms with van der Waals surface area (Å²) in [5, 5.41) is 2.95. The van der Waals surface area contributed by atoms with Crippen LogP contribution in [0.15, 0.2) is 27.4 Å². The highest BCUT2D eigenvalue weighted by molar-refractivity contribution is 5.95. The van der Waals surface area contributed by atoms with E-state index in [1.165, 1.54) is 36.7 Å². The molecule has 0 spiro atoms. The van der Waals surface area contributed by atoms with Gasteiger partial charge in [0.2, 0.25) is 5.91 Å². The molecule has 1 aromatic heterocycles. The molecule has 0 bridgehead atoms. The zero-order valence-electron chi connectivity index (χ0n) is 14.0. The van der Waals surface area contributed by atoms with Crippen LogP contribution < -0.4 is 11.1 Å². The standard InChI is InChI=1S/C18H23N3O3/c1-20-15-8-7-13(9-16(15)24-18(20)23)19-17(22)12-10-21(11-12)14-5-3-2-4-6-14/h7-9,12,14H,2-6,10-11H2,1H3,(H,19,22). The van der Waals surface area contributed by atoms with Crippen LogP contribution in [0.3, 0.4) is 0 Å². The quantitative estimate of drug-likeness (QED) is 0.938. The van der Waals surface area contributed by atoms with Crippen molar-refractivity contribution in [1.82, 2.24) is 9.47 Å². The second-order valence-corrected chi connectivity index (χ2v) is 7.04. The molecule has 1 aromatic carbocycles. The number of nitrogens with zero attached hydrogens (tertiary/aromatic N) is 2. The second-order valence-electron chi connectivity index (χ2n) is 7.04. The van der Waals surface area contributed by atoms with E-state index >= 15 is 0 Å². The molecule has 2 aliphatic rings. The van der Waals surface area contributed by atoms with Crippen molar-refractivity contribution in [3.05, 3.63) is 28.7 Å². The Morgan fingerprint density at radius 3 is 2.71 bits per heavy atom. The number of benzene rings is 1. The van der Waals surface area contributed by atoms with Gasteiger partial charge >= 0.3 is 5.76 Å². The lowest BCUT2D eigenvalue weighted by molar-refractivity contribution is -0.126. The van der Waals surface area contributed by atoms with E-state index in [0.717, 1.165) is 18.6 Å². The van der Waals surface area contributed by atoms with Gasteiger partial charge in [-0.2, -0.15) is 0 Å². The molecule has 1 saturated carbocycles. The van der Waals surface area contributed by atoms with Crippen molar-refractivity contribution in [2.24, 2.45) is 13.0 Å². The van der Waals surface area contributed by atoms with Gasteiger partial charge in [0, 0.05) is 37.9 Å². The molecule has 6 nitrogen and oxygen atoms in total. The number of carbonyl (C=O) groups excluding carboxylic acids is 1. The fraction of sp³-hybridized carbons (Fsp3) is 0.556. The molecule has 1 amide bonds. The van der Waals surface area contributed by atoms with E-state index in [1.54, 1.807) is 19.2 Å². The van der Waals surface area contributed by atoms with E-state index in [-0.39, 0.29) is 11.8 Å². The van der Waals surface area contributed by atoms with Crippen molar-refractivity contribution >= 4 is 22.7 Å². The Hall–Kier alpha value is -2.08. The third-order valence-corrected chi connectivity index (χ3v) is 5.43. The van der Waals surface area contributed by atoms with Gasteiger partial charge in [-0.3, -0.25) is 14.3 Å². The Morgan fingerprint density at radius 1 is 1.21 bits per heavy atom. The van der Waals surface area contributed by atoms with Crippen LogP contribution in [-0.2, 0) is 11.8 Å². The van der Waals surface area contributed by atoms with Gasteiger partial charge in [-0.05, 0) is 25.0 Å². The van der Waals surface area contributed by atoms with Gasteiger partial charge in [0.05, 0.1) is 11.4 Å². The molecule has 24 heavy (non-hydrogen) atoms. The van der Waals surface area contributed by atoms with Gasteiger partial charge in [0.1, 0.15) is 0 Å². The molecule has 2 aromatic rings. The number of fused-ring (bicyclic) bond motifs is 1. The Bertz CT molecular complexity index is 811. The number of oxazole rings is 1. The number of carbonyl (C=O) groups is 1. The van der Waals surface area contributed by atoms with E-state index in [2.05, 4.69) is 10.2 Å². The predicted molar refractivity (Wildman–Crippen MR) is 92.0 cm³/mol. The normalized spacial score (nSPS) is 20.2. The van der Waals surface area contributed by atoms with Crippen LogP contribution in [0.5, 0.6) is 0 Å². The molecule has 128 valence electrons. The topological polar surface area (TPSA) is 67.5 Å². The van der Waals surface area contributed by atoms with E-state index in [4.69, 9.17) is 4.42 Å². The highest BCUT2D eigenvalue weighted by Crippen LogP contribution is 2.29. The van der Waals surface area contributed by atoms with Crippen molar-refractivity contribution in [2.75, 3.05) is 18.4 Å². The van der Waals surface area contributed by atoms with Crippen molar-refractivity contribution in [3.63, 3.8) is 0 Å². The number of aromatic nitrogens is 1. The average molecular weight is 329 g/mol. The highest BCUT2D eigenvalue weighted by Gasteiger charge is 2.36. The van der Waals surface area contributed by atoms with E-state index < -0.39 is 5.76 Å². The smallest absolute Gasteiger partial charge is 0.408 e. The lowest BCUT2D eigenvalue weighted by Crippen LogP contribution is -2.56. The van der Waals surface area contributed by atoms with Crippen molar-refractivity contribution in [3.8, 4) is 0 Å². The molecule has 6 heteroatoms. The summed E-state index contributed by atoms with van der Waals surface area (Å²) in [4.78, 5) is 26.4. The van der Waals surface area contributed by atoms with Crippen LogP contribution in [0, 0.1) is 5.92 Å². The maximum Gasteiger partial charge on any atom is 0.419 e. The summed E-state index contributed by atoms with van der Waals surface area (Å²) in [6, 6.07) is 6.00. The number of amides is 1. The molecule has 2 fully saturated rings. The number of rotatable bonds is 3. The molecular weight excluding hydrogens is 306 g/mol. The van der Waals surface area contributed by atoms with Gasteiger partial charge in [0.25, 0.3) is 0 Å². The second kappa shape index (κ2) is 6.09. The number of hydrogen-bond donors (Lipinski definition) is 1. The van der Waals surface area contributed by atoms with Crippen molar-refractivity contribution in [1.29, 1.82) is 0 Å². The van der Waals surface area contributed by atoms with Crippen LogP contribution in [0.4, 0.5) is 5.69 Å². The lowest BCUT2D eigenvalue weighted by atomic mass is 9.88. The largest absolute Gasteiger partial charge is 0.419 e. The van der Waals surface area contributed by atoms with Crippen LogP contribution in [0.25, 0.3) is 11.1 Å². The first-order valence-electron chi connectivity index (χ1n) is 8.76. The Morgan fingerprint density at radius 2 is 1.96 bits per heavy atom. The molecule has 1 saturated heterocycles. The average Bonchev–Trinajstić information content (AvgIpc) is 2.81. The van der Waals surface area contributed by atoms with Crippen molar-refractivity contribution in [2.45, 2.75) is 38.1 Å². The molecule has 1 aliphatic heterocycles. The first-order chi connectivity index (χ1) is 11.6. The van der Waals surface area contributed by atoms with Crippen LogP contribution in [0.1, 0.15) is 32.1 Å². The molecular formula is C18H23N3O3. The van der Waals surface area contributed by atoms with Gasteiger partial charge in [-0.25, -0.2) is 4.79 Å². The van der Waals surface area contributed by atoms with Crippen molar-refractivity contribution < 1.29 is 9.21 Å². The summed E-state index contributed by atoms with van der Waals surface area (Å²) in [5.74, 6) is -0.277. The Balaban J connectivity index is 1.37. The molecule has 0 atom stereocenters. The summed E-state index contributed by atoms with van der Waals surface area (Å²) in [6.07, 6.45) is 6.54. The fourth-order valence-corrected chi connectivity index (χ4v) is 3.88. The number of hydrogen-bond acceptors (Lipinski definition) is 4. The minimum Gasteiger partial charge on any atom is -0.408 e. The monoisotopic (exact) mass is 329 g/mol. The minimum atomic E-state index is -0.393. The molecule has 1 aliphatic carbocycles. The zero-order valence-corrected chi connectivity index (χ0v) is 14.0. The minimum absolute atomic E-state index is 0.0553. The molecule has 2 heterocycles. The summed E-state index contributed by atoms with van der Waals surface area (Å²) >= 11 is 0. The number of nitrogens with one attached hydrogen (secondary N) is 1. The third-order valence-electron chi connectivity index (χ3n) is 5.43. The molecule has 4 rings (SSSR count). The first-order valence-corrected chi connectivity index (χ1v) is 8.76. The van der Waals surface area contributed by atoms with Gasteiger partial charge in [-0.1, -0.05) is 19.3 Å². The van der Waals surface area contributed by atoms with E-state index in [1.807, 2.05) is 6.07 Å². The first kappa shape index (κ1) is 15.4. The fourth-order valence-electron chi connectivity index (χ4n) is 3.88.